The molecule has 1 saturated carbocycles. The van der Waals surface area contributed by atoms with Crippen LogP contribution in [0.25, 0.3) is 0 Å². The largest absolute Gasteiger partial charge is 0.356 e. The lowest BCUT2D eigenvalue weighted by molar-refractivity contribution is -0.126. The van der Waals surface area contributed by atoms with Crippen molar-refractivity contribution in [3.63, 3.8) is 0 Å². The fourth-order valence-corrected chi connectivity index (χ4v) is 4.37. The first kappa shape index (κ1) is 12.5. The normalized spacial score (nSPS) is 41.7. The van der Waals surface area contributed by atoms with Gasteiger partial charge in [0.15, 0.2) is 0 Å². The maximum absolute atomic E-state index is 12.3. The fourth-order valence-electron chi connectivity index (χ4n) is 4.37. The van der Waals surface area contributed by atoms with Gasteiger partial charge in [-0.15, -0.1) is 0 Å². The maximum atomic E-state index is 12.3. The van der Waals surface area contributed by atoms with E-state index in [1.165, 1.54) is 38.5 Å². The Morgan fingerprint density at radius 3 is 2.50 bits per heavy atom. The number of carbonyl (C=O) groups excluding carboxylic acids is 1. The van der Waals surface area contributed by atoms with Crippen molar-refractivity contribution >= 4 is 5.91 Å². The minimum absolute atomic E-state index is 0.304. The van der Waals surface area contributed by atoms with Crippen molar-refractivity contribution in [1.82, 2.24) is 10.6 Å². The number of nitrogens with one attached hydrogen (secondary N) is 2. The van der Waals surface area contributed by atoms with Gasteiger partial charge in [0, 0.05) is 12.5 Å². The SMILES string of the molecule is O=C1NCC2CNCC2C2CCCCCCCC12. The lowest BCUT2D eigenvalue weighted by Crippen LogP contribution is -2.34. The number of carbonyl (C=O) groups is 1. The first-order chi connectivity index (χ1) is 8.86. The second-order valence-electron chi connectivity index (χ2n) is 6.44. The predicted octanol–water partition coefficient (Wildman–Crippen LogP) is 1.93. The monoisotopic (exact) mass is 250 g/mol. The molecule has 4 atom stereocenters. The number of amides is 1. The topological polar surface area (TPSA) is 41.1 Å². The van der Waals surface area contributed by atoms with Gasteiger partial charge in [-0.2, -0.15) is 0 Å². The molecule has 0 radical (unpaired) electrons. The molecule has 0 aromatic rings. The van der Waals surface area contributed by atoms with Gasteiger partial charge >= 0.3 is 0 Å². The summed E-state index contributed by atoms with van der Waals surface area (Å²) in [6, 6.07) is 0. The molecule has 2 saturated heterocycles. The van der Waals surface area contributed by atoms with Gasteiger partial charge in [-0.3, -0.25) is 4.79 Å². The Hall–Kier alpha value is -0.570. The Morgan fingerprint density at radius 2 is 1.61 bits per heavy atom. The van der Waals surface area contributed by atoms with Crippen LogP contribution in [0.1, 0.15) is 44.9 Å². The predicted molar refractivity (Wildman–Crippen MR) is 72.2 cm³/mol. The molecule has 3 fully saturated rings. The summed E-state index contributed by atoms with van der Waals surface area (Å²) in [5.74, 6) is 2.73. The number of fused-ring (bicyclic) bond motifs is 3. The van der Waals surface area contributed by atoms with Gasteiger partial charge in [-0.05, 0) is 43.7 Å². The van der Waals surface area contributed by atoms with E-state index in [2.05, 4.69) is 10.6 Å². The van der Waals surface area contributed by atoms with Crippen molar-refractivity contribution in [2.75, 3.05) is 19.6 Å². The van der Waals surface area contributed by atoms with Gasteiger partial charge in [-0.25, -0.2) is 0 Å². The Morgan fingerprint density at radius 1 is 0.833 bits per heavy atom. The zero-order valence-corrected chi connectivity index (χ0v) is 11.3. The van der Waals surface area contributed by atoms with Crippen molar-refractivity contribution in [2.45, 2.75) is 44.9 Å². The molecule has 1 amide bonds. The molecule has 0 aromatic heterocycles. The van der Waals surface area contributed by atoms with Gasteiger partial charge in [0.05, 0.1) is 0 Å². The molecule has 2 N–H and O–H groups in total. The quantitative estimate of drug-likeness (QED) is 0.690. The third kappa shape index (κ3) is 2.42. The summed E-state index contributed by atoms with van der Waals surface area (Å²) < 4.78 is 0. The number of hydrogen-bond donors (Lipinski definition) is 2. The Balaban J connectivity index is 1.81. The fraction of sp³-hybridized carbons (Fsp3) is 0.933. The highest BCUT2D eigenvalue weighted by Crippen LogP contribution is 2.39. The first-order valence-electron chi connectivity index (χ1n) is 7.84. The zero-order valence-electron chi connectivity index (χ0n) is 11.3. The molecule has 3 rings (SSSR count). The van der Waals surface area contributed by atoms with Crippen molar-refractivity contribution in [3.05, 3.63) is 0 Å². The molecule has 2 aliphatic heterocycles. The smallest absolute Gasteiger partial charge is 0.223 e. The van der Waals surface area contributed by atoms with Crippen LogP contribution >= 0.6 is 0 Å². The Kier molecular flexibility index (Phi) is 3.88. The molecule has 2 heterocycles. The Bertz CT molecular complexity index is 305. The minimum atomic E-state index is 0.304. The van der Waals surface area contributed by atoms with Crippen LogP contribution in [0.2, 0.25) is 0 Å². The molecule has 102 valence electrons. The van der Waals surface area contributed by atoms with E-state index in [-0.39, 0.29) is 0 Å². The van der Waals surface area contributed by atoms with Crippen LogP contribution in [0.4, 0.5) is 0 Å². The highest BCUT2D eigenvalue weighted by molar-refractivity contribution is 5.79. The van der Waals surface area contributed by atoms with Crippen molar-refractivity contribution < 1.29 is 4.79 Å². The summed E-state index contributed by atoms with van der Waals surface area (Å²) in [6.07, 6.45) is 9.05. The average Bonchev–Trinajstić information content (AvgIpc) is 2.83. The standard InChI is InChI=1S/C15H26N2O/c18-15-13-7-5-3-1-2-4-6-12(13)14-10-16-8-11(14)9-17-15/h11-14,16H,1-10H2,(H,17,18). The summed E-state index contributed by atoms with van der Waals surface area (Å²) in [5, 5.41) is 6.75. The molecule has 0 bridgehead atoms. The number of rotatable bonds is 0. The molecule has 3 nitrogen and oxygen atoms in total. The molecule has 0 spiro atoms. The van der Waals surface area contributed by atoms with Crippen LogP contribution in [0, 0.1) is 23.7 Å². The van der Waals surface area contributed by atoms with Gasteiger partial charge in [0.25, 0.3) is 0 Å². The zero-order chi connectivity index (χ0) is 12.4. The van der Waals surface area contributed by atoms with Crippen molar-refractivity contribution in [2.24, 2.45) is 23.7 Å². The van der Waals surface area contributed by atoms with Gasteiger partial charge in [-0.1, -0.05) is 32.1 Å². The van der Waals surface area contributed by atoms with Gasteiger partial charge in [0.1, 0.15) is 0 Å². The minimum Gasteiger partial charge on any atom is -0.356 e. The third-order valence-electron chi connectivity index (χ3n) is 5.39. The summed E-state index contributed by atoms with van der Waals surface area (Å²) in [6.45, 7) is 3.15. The second-order valence-corrected chi connectivity index (χ2v) is 6.44. The van der Waals surface area contributed by atoms with E-state index in [0.29, 0.717) is 23.7 Å². The summed E-state index contributed by atoms with van der Waals surface area (Å²) >= 11 is 0. The third-order valence-corrected chi connectivity index (χ3v) is 5.39. The highest BCUT2D eigenvalue weighted by atomic mass is 16.1. The lowest BCUT2D eigenvalue weighted by atomic mass is 9.74. The molecule has 3 heteroatoms. The van der Waals surface area contributed by atoms with Crippen LogP contribution in [0.3, 0.4) is 0 Å². The van der Waals surface area contributed by atoms with Gasteiger partial charge < -0.3 is 10.6 Å². The summed E-state index contributed by atoms with van der Waals surface area (Å²) in [7, 11) is 0. The summed E-state index contributed by atoms with van der Waals surface area (Å²) in [4.78, 5) is 12.3. The van der Waals surface area contributed by atoms with Gasteiger partial charge in [0.2, 0.25) is 5.91 Å². The van der Waals surface area contributed by atoms with Crippen LogP contribution in [0.15, 0.2) is 0 Å². The van der Waals surface area contributed by atoms with Crippen LogP contribution in [-0.2, 0) is 4.79 Å². The Labute approximate surface area is 110 Å². The maximum Gasteiger partial charge on any atom is 0.223 e. The highest BCUT2D eigenvalue weighted by Gasteiger charge is 2.42. The molecular weight excluding hydrogens is 224 g/mol. The van der Waals surface area contributed by atoms with E-state index < -0.39 is 0 Å². The van der Waals surface area contributed by atoms with Crippen molar-refractivity contribution in [1.29, 1.82) is 0 Å². The molecule has 0 aromatic carbocycles. The first-order valence-corrected chi connectivity index (χ1v) is 7.84. The van der Waals surface area contributed by atoms with Crippen LogP contribution in [-0.4, -0.2) is 25.5 Å². The van der Waals surface area contributed by atoms with E-state index >= 15 is 0 Å². The summed E-state index contributed by atoms with van der Waals surface area (Å²) in [5.41, 5.74) is 0. The van der Waals surface area contributed by atoms with Crippen LogP contribution < -0.4 is 10.6 Å². The van der Waals surface area contributed by atoms with E-state index in [9.17, 15) is 4.79 Å². The lowest BCUT2D eigenvalue weighted by Gasteiger charge is -2.29. The molecule has 3 aliphatic rings. The van der Waals surface area contributed by atoms with E-state index in [1.54, 1.807) is 0 Å². The molecule has 1 aliphatic carbocycles. The number of hydrogen-bond acceptors (Lipinski definition) is 2. The van der Waals surface area contributed by atoms with E-state index in [0.717, 1.165) is 32.0 Å². The van der Waals surface area contributed by atoms with E-state index in [4.69, 9.17) is 0 Å². The molecule has 18 heavy (non-hydrogen) atoms. The molecular formula is C15H26N2O. The van der Waals surface area contributed by atoms with E-state index in [1.807, 2.05) is 0 Å². The average molecular weight is 250 g/mol. The molecule has 4 unspecified atom stereocenters. The second kappa shape index (κ2) is 5.60. The van der Waals surface area contributed by atoms with Crippen molar-refractivity contribution in [3.8, 4) is 0 Å². The van der Waals surface area contributed by atoms with Crippen LogP contribution in [0.5, 0.6) is 0 Å².